The van der Waals surface area contributed by atoms with Crippen LogP contribution in [0.15, 0.2) is 48.5 Å². The van der Waals surface area contributed by atoms with E-state index in [2.05, 4.69) is 59.5 Å². The van der Waals surface area contributed by atoms with Crippen molar-refractivity contribution < 1.29 is 47.9 Å². The van der Waals surface area contributed by atoms with Gasteiger partial charge >= 0.3 is 13.2 Å². The normalized spacial score (nSPS) is 23.4. The number of primary amides is 1. The molecule has 19 heteroatoms. The molecule has 3 aliphatic carbocycles. The number of unbranched alkanes of at least 4 members (excludes halogenated alkanes) is 2. The standard InChI is InChI=1S/C45H67BN8O10/c1-7-8-11-27-13-15-28(16-14-27)29-17-19-31(20-18-29)62-43(61)52-32(12-9-10-21-47)39(58)53-37(26(3)55)41(60)50-25(2)38(57)51-33(24-36(48)56)40(59)54-42(49)46-63-35-23-30-22-34(44(30,4)5)45(35,6)64-46/h13-20,25-26,30,32-35,37,42,55H,7-12,21-24,47,49H2,1-6H3,(H2,48,56)(H,50,60)(H,51,57)(H,52,61)(H,53,58)(H,54,59). The van der Waals surface area contributed by atoms with Crippen LogP contribution in [0.3, 0.4) is 0 Å². The molecular formula is C45H67BN8O10. The molecule has 6 rings (SSSR count). The first-order chi connectivity index (χ1) is 30.3. The molecule has 10 atom stereocenters. The van der Waals surface area contributed by atoms with Gasteiger partial charge in [-0.2, -0.15) is 0 Å². The first kappa shape index (κ1) is 49.9. The molecule has 12 N–H and O–H groups in total. The van der Waals surface area contributed by atoms with Crippen LogP contribution in [0, 0.1) is 17.3 Å². The van der Waals surface area contributed by atoms with Gasteiger partial charge in [0.15, 0.2) is 0 Å². The van der Waals surface area contributed by atoms with Crippen LogP contribution in [0.5, 0.6) is 5.75 Å². The van der Waals surface area contributed by atoms with E-state index in [4.69, 9.17) is 31.2 Å². The SMILES string of the molecule is CCCCc1ccc(-c2ccc(OC(=O)NC(CCCCN)C(=O)NC(C(=O)NC(C)C(=O)NC(CC(N)=O)C(=O)NC(N)B3OC4CC5CC(C5(C)C)C4(C)O3)C(C)O)cc2)cc1. The lowest BCUT2D eigenvalue weighted by Crippen LogP contribution is -2.65. The molecular weight excluding hydrogens is 823 g/mol. The number of ether oxygens (including phenoxy) is 1. The molecule has 4 aliphatic rings. The Labute approximate surface area is 375 Å². The average Bonchev–Trinajstić information content (AvgIpc) is 3.62. The van der Waals surface area contributed by atoms with E-state index in [9.17, 15) is 33.9 Å². The van der Waals surface area contributed by atoms with Crippen LogP contribution in [0.1, 0.15) is 98.5 Å². The fraction of sp³-hybridized carbons (Fsp3) is 0.600. The maximum Gasteiger partial charge on any atom is 0.497 e. The largest absolute Gasteiger partial charge is 0.497 e. The number of benzene rings is 2. The summed E-state index contributed by atoms with van der Waals surface area (Å²) in [6.07, 6.45) is 3.00. The van der Waals surface area contributed by atoms with E-state index in [0.717, 1.165) is 43.2 Å². The number of aliphatic hydroxyl groups excluding tert-OH is 1. The third-order valence-corrected chi connectivity index (χ3v) is 13.2. The molecule has 1 heterocycles. The van der Waals surface area contributed by atoms with Crippen molar-refractivity contribution in [2.45, 2.75) is 147 Å². The number of nitrogens with one attached hydrogen (secondary N) is 5. The second-order valence-electron chi connectivity index (χ2n) is 18.3. The second kappa shape index (κ2) is 21.7. The predicted octanol–water partition coefficient (Wildman–Crippen LogP) is 1.68. The quantitative estimate of drug-likeness (QED) is 0.0464. The van der Waals surface area contributed by atoms with Crippen LogP contribution in [0.2, 0.25) is 0 Å². The van der Waals surface area contributed by atoms with Gasteiger partial charge in [0.1, 0.15) is 36.0 Å². The molecule has 2 aromatic rings. The lowest BCUT2D eigenvalue weighted by molar-refractivity contribution is -0.199. The zero-order valence-electron chi connectivity index (χ0n) is 37.8. The molecule has 0 spiro atoms. The summed E-state index contributed by atoms with van der Waals surface area (Å²) in [4.78, 5) is 78.9. The first-order valence-corrected chi connectivity index (χ1v) is 22.4. The van der Waals surface area contributed by atoms with Crippen molar-refractivity contribution in [1.29, 1.82) is 0 Å². The fourth-order valence-electron chi connectivity index (χ4n) is 9.12. The highest BCUT2D eigenvalue weighted by Gasteiger charge is 2.68. The van der Waals surface area contributed by atoms with Gasteiger partial charge < -0.3 is 62.9 Å². The highest BCUT2D eigenvalue weighted by molar-refractivity contribution is 6.47. The van der Waals surface area contributed by atoms with Crippen molar-refractivity contribution in [1.82, 2.24) is 26.6 Å². The number of aryl methyl sites for hydroxylation is 1. The van der Waals surface area contributed by atoms with Crippen molar-refractivity contribution in [3.05, 3.63) is 54.1 Å². The molecule has 4 fully saturated rings. The molecule has 1 saturated heterocycles. The Kier molecular flexibility index (Phi) is 17.0. The molecule has 1 aliphatic heterocycles. The van der Waals surface area contributed by atoms with Gasteiger partial charge in [0.25, 0.3) is 0 Å². The van der Waals surface area contributed by atoms with Gasteiger partial charge in [-0.25, -0.2) is 4.79 Å². The fourth-order valence-corrected chi connectivity index (χ4v) is 9.12. The van der Waals surface area contributed by atoms with Gasteiger partial charge in [-0.3, -0.25) is 24.0 Å². The maximum absolute atomic E-state index is 13.6. The summed E-state index contributed by atoms with van der Waals surface area (Å²) in [6.45, 7) is 11.5. The highest BCUT2D eigenvalue weighted by Crippen LogP contribution is 2.65. The lowest BCUT2D eigenvalue weighted by Gasteiger charge is -2.64. The van der Waals surface area contributed by atoms with E-state index < -0.39 is 91.1 Å². The third kappa shape index (κ3) is 12.2. The Bertz CT molecular complexity index is 1970. The summed E-state index contributed by atoms with van der Waals surface area (Å²) in [7, 11) is -0.979. The van der Waals surface area contributed by atoms with Crippen LogP contribution in [-0.4, -0.2) is 102 Å². The Balaban J connectivity index is 1.14. The minimum Gasteiger partial charge on any atom is -0.410 e. The molecule has 6 amide bonds. The minimum absolute atomic E-state index is 0.0805. The van der Waals surface area contributed by atoms with Crippen LogP contribution in [-0.2, 0) is 39.7 Å². The molecule has 64 heavy (non-hydrogen) atoms. The van der Waals surface area contributed by atoms with E-state index in [-0.39, 0.29) is 29.6 Å². The number of carbonyl (C=O) groups is 6. The zero-order chi connectivity index (χ0) is 46.9. The molecule has 350 valence electrons. The summed E-state index contributed by atoms with van der Waals surface area (Å²) in [5.74, 6) is -3.40. The summed E-state index contributed by atoms with van der Waals surface area (Å²) in [5, 5.41) is 23.0. The Morgan fingerprint density at radius 3 is 2.06 bits per heavy atom. The number of hydrogen-bond acceptors (Lipinski definition) is 12. The van der Waals surface area contributed by atoms with Crippen molar-refractivity contribution >= 4 is 42.7 Å². The van der Waals surface area contributed by atoms with Gasteiger partial charge in [-0.05, 0) is 118 Å². The van der Waals surface area contributed by atoms with Crippen molar-refractivity contribution in [2.75, 3.05) is 6.54 Å². The summed E-state index contributed by atoms with van der Waals surface area (Å²) < 4.78 is 18.0. The number of rotatable bonds is 22. The molecule has 3 saturated carbocycles. The number of aliphatic hydroxyl groups is 1. The van der Waals surface area contributed by atoms with Crippen molar-refractivity contribution in [2.24, 2.45) is 34.5 Å². The Hall–Kier alpha value is -5.08. The van der Waals surface area contributed by atoms with E-state index in [1.807, 2.05) is 31.2 Å². The number of amides is 6. The maximum atomic E-state index is 13.6. The number of hydrogen-bond donors (Lipinski definition) is 9. The van der Waals surface area contributed by atoms with Gasteiger partial charge in [-0.1, -0.05) is 63.6 Å². The van der Waals surface area contributed by atoms with Gasteiger partial charge in [0.2, 0.25) is 29.5 Å². The molecule has 2 bridgehead atoms. The molecule has 0 aromatic heterocycles. The van der Waals surface area contributed by atoms with E-state index in [1.54, 1.807) is 12.1 Å². The molecule has 18 nitrogen and oxygen atoms in total. The smallest absolute Gasteiger partial charge is 0.410 e. The zero-order valence-corrected chi connectivity index (χ0v) is 37.8. The van der Waals surface area contributed by atoms with Crippen LogP contribution >= 0.6 is 0 Å². The summed E-state index contributed by atoms with van der Waals surface area (Å²) in [6, 6.07) is 8.45. The highest BCUT2D eigenvalue weighted by atomic mass is 16.7. The summed E-state index contributed by atoms with van der Waals surface area (Å²) in [5.41, 5.74) is 20.1. The van der Waals surface area contributed by atoms with Gasteiger partial charge in [0, 0.05) is 0 Å². The van der Waals surface area contributed by atoms with Gasteiger partial charge in [0.05, 0.1) is 24.2 Å². The minimum atomic E-state index is -1.58. The van der Waals surface area contributed by atoms with Crippen LogP contribution in [0.25, 0.3) is 11.1 Å². The third-order valence-electron chi connectivity index (χ3n) is 13.2. The Morgan fingerprint density at radius 1 is 0.828 bits per heavy atom. The monoisotopic (exact) mass is 891 g/mol. The number of nitrogens with two attached hydrogens (primary N) is 3. The van der Waals surface area contributed by atoms with Gasteiger partial charge in [-0.15, -0.1) is 0 Å². The lowest BCUT2D eigenvalue weighted by atomic mass is 9.43. The Morgan fingerprint density at radius 2 is 1.47 bits per heavy atom. The number of carbonyl (C=O) groups excluding carboxylic acids is 6. The molecule has 2 aromatic carbocycles. The topological polar surface area (TPSA) is 289 Å². The predicted molar refractivity (Wildman–Crippen MR) is 240 cm³/mol. The first-order valence-electron chi connectivity index (χ1n) is 22.4. The van der Waals surface area contributed by atoms with Crippen LogP contribution in [0.4, 0.5) is 4.79 Å². The molecule has 10 unspecified atom stereocenters. The van der Waals surface area contributed by atoms with E-state index in [1.165, 1.54) is 19.4 Å². The van der Waals surface area contributed by atoms with E-state index >= 15 is 0 Å². The molecule has 0 radical (unpaired) electrons. The summed E-state index contributed by atoms with van der Waals surface area (Å²) >= 11 is 0. The van der Waals surface area contributed by atoms with Crippen molar-refractivity contribution in [3.63, 3.8) is 0 Å². The van der Waals surface area contributed by atoms with Crippen molar-refractivity contribution in [3.8, 4) is 16.9 Å². The second-order valence-corrected chi connectivity index (χ2v) is 18.3. The average molecular weight is 891 g/mol. The van der Waals surface area contributed by atoms with E-state index in [0.29, 0.717) is 25.3 Å². The van der Waals surface area contributed by atoms with Crippen LogP contribution < -0.4 is 48.5 Å².